The lowest BCUT2D eigenvalue weighted by molar-refractivity contribution is -0.146. The van der Waals surface area contributed by atoms with Gasteiger partial charge in [-0.2, -0.15) is 0 Å². The third-order valence-electron chi connectivity index (χ3n) is 8.05. The molecule has 8 atom stereocenters. The Hall–Kier alpha value is -1.97. The molecule has 4 rings (SSSR count). The van der Waals surface area contributed by atoms with Crippen LogP contribution < -0.4 is 10.6 Å². The molecule has 1 spiro atoms. The second kappa shape index (κ2) is 11.4. The van der Waals surface area contributed by atoms with Gasteiger partial charge in [-0.3, -0.25) is 14.4 Å². The van der Waals surface area contributed by atoms with Crippen molar-refractivity contribution in [2.45, 2.75) is 94.6 Å². The number of nitrogens with zero attached hydrogens (tertiary/aromatic N) is 1. The summed E-state index contributed by atoms with van der Waals surface area (Å²) in [5, 5.41) is 16.4. The van der Waals surface area contributed by atoms with Gasteiger partial charge in [-0.15, -0.1) is 0 Å². The number of aliphatic hydroxyl groups is 1. The fourth-order valence-corrected chi connectivity index (χ4v) is 7.55. The first-order valence-corrected chi connectivity index (χ1v) is 14.4. The predicted octanol–water partition coefficient (Wildman–Crippen LogP) is 2.76. The molecule has 2 bridgehead atoms. The minimum atomic E-state index is -1.12. The van der Waals surface area contributed by atoms with E-state index in [4.69, 9.17) is 4.74 Å². The number of halogens is 1. The van der Waals surface area contributed by atoms with Crippen molar-refractivity contribution in [3.05, 3.63) is 35.9 Å². The van der Waals surface area contributed by atoms with Crippen LogP contribution >= 0.6 is 15.9 Å². The van der Waals surface area contributed by atoms with Gasteiger partial charge >= 0.3 is 0 Å². The fraction of sp³-hybridized carbons (Fsp3) is 0.679. The van der Waals surface area contributed by atoms with Crippen LogP contribution in [0.15, 0.2) is 30.3 Å². The van der Waals surface area contributed by atoms with Crippen molar-refractivity contribution < 1.29 is 24.2 Å². The number of likely N-dealkylation sites (tertiary alicyclic amines) is 1. The number of carbonyl (C=O) groups is 3. The van der Waals surface area contributed by atoms with E-state index in [0.29, 0.717) is 19.4 Å². The summed E-state index contributed by atoms with van der Waals surface area (Å²) in [4.78, 5) is 42.9. The second-order valence-electron chi connectivity index (χ2n) is 11.3. The summed E-state index contributed by atoms with van der Waals surface area (Å²) >= 11 is 3.70. The summed E-state index contributed by atoms with van der Waals surface area (Å²) in [5.74, 6) is -2.09. The number of amides is 3. The van der Waals surface area contributed by atoms with Crippen molar-refractivity contribution in [2.75, 3.05) is 6.61 Å². The monoisotopic (exact) mass is 577 g/mol. The Bertz CT molecular complexity index is 991. The highest BCUT2D eigenvalue weighted by Crippen LogP contribution is 2.60. The first kappa shape index (κ1) is 28.0. The van der Waals surface area contributed by atoms with Crippen LogP contribution in [0.4, 0.5) is 0 Å². The summed E-state index contributed by atoms with van der Waals surface area (Å²) < 4.78 is 6.54. The molecule has 3 aliphatic heterocycles. The van der Waals surface area contributed by atoms with Crippen LogP contribution in [-0.2, 0) is 25.7 Å². The highest BCUT2D eigenvalue weighted by atomic mass is 79.9. The zero-order valence-electron chi connectivity index (χ0n) is 22.2. The van der Waals surface area contributed by atoms with E-state index in [1.807, 2.05) is 51.1 Å². The van der Waals surface area contributed by atoms with E-state index < -0.39 is 35.6 Å². The Morgan fingerprint density at radius 2 is 1.92 bits per heavy atom. The number of nitrogens with one attached hydrogen (secondary N) is 2. The van der Waals surface area contributed by atoms with Crippen molar-refractivity contribution in [1.82, 2.24) is 15.5 Å². The molecule has 0 aromatic heterocycles. The predicted molar refractivity (Wildman–Crippen MR) is 144 cm³/mol. The summed E-state index contributed by atoms with van der Waals surface area (Å²) in [7, 11) is 0. The molecular formula is C28H40BrN3O5. The quantitative estimate of drug-likeness (QED) is 0.350. The molecule has 4 unspecified atom stereocenters. The molecule has 3 amide bonds. The number of rotatable bonds is 11. The molecule has 3 fully saturated rings. The number of benzene rings is 1. The van der Waals surface area contributed by atoms with Gasteiger partial charge in [0.05, 0.1) is 30.6 Å². The van der Waals surface area contributed by atoms with Gasteiger partial charge in [0, 0.05) is 17.4 Å². The van der Waals surface area contributed by atoms with E-state index in [1.54, 1.807) is 4.90 Å². The van der Waals surface area contributed by atoms with Crippen LogP contribution in [0.25, 0.3) is 0 Å². The third kappa shape index (κ3) is 5.19. The number of hydrogen-bond acceptors (Lipinski definition) is 5. The number of carbonyl (C=O) groups excluding carboxylic acids is 3. The SMILES string of the molecule is CCCC(C)NC(=O)C1N([C@@H](CO)CC(C)C)C(=O)[C@@H]2[C@H](C(=O)NCc3ccccc3)[C@H]3OC12CC3Br. The van der Waals surface area contributed by atoms with Gasteiger partial charge in [0.25, 0.3) is 0 Å². The molecule has 1 aromatic carbocycles. The highest BCUT2D eigenvalue weighted by Gasteiger charge is 2.77. The Morgan fingerprint density at radius 1 is 1.22 bits per heavy atom. The number of alkyl halides is 1. The number of hydrogen-bond donors (Lipinski definition) is 3. The van der Waals surface area contributed by atoms with E-state index in [0.717, 1.165) is 18.4 Å². The first-order chi connectivity index (χ1) is 17.6. The van der Waals surface area contributed by atoms with Crippen molar-refractivity contribution in [1.29, 1.82) is 0 Å². The van der Waals surface area contributed by atoms with Gasteiger partial charge in [-0.25, -0.2) is 0 Å². The lowest BCUT2D eigenvalue weighted by atomic mass is 9.70. The standard InChI is InChI=1S/C28H40BrN3O5/c1-5-9-17(4)31-26(35)24-28-13-20(29)23(37-28)21(25(34)30-14-18-10-7-6-8-11-18)22(28)27(36)32(24)19(15-33)12-16(2)3/h6-8,10-11,16-17,19-24,33H,5,9,12-15H2,1-4H3,(H,30,34)(H,31,35)/t17?,19-,20?,21+,22+,23+,24?,28?/m1/s1. The maximum atomic E-state index is 14.1. The van der Waals surface area contributed by atoms with Gasteiger partial charge in [-0.05, 0) is 37.7 Å². The largest absolute Gasteiger partial charge is 0.394 e. The van der Waals surface area contributed by atoms with Crippen molar-refractivity contribution >= 4 is 33.7 Å². The van der Waals surface area contributed by atoms with Crippen molar-refractivity contribution in [2.24, 2.45) is 17.8 Å². The van der Waals surface area contributed by atoms with Gasteiger partial charge in [0.15, 0.2) is 0 Å². The van der Waals surface area contributed by atoms with E-state index in [-0.39, 0.29) is 41.1 Å². The molecular weight excluding hydrogens is 538 g/mol. The zero-order valence-corrected chi connectivity index (χ0v) is 23.7. The topological polar surface area (TPSA) is 108 Å². The van der Waals surface area contributed by atoms with Crippen LogP contribution in [0.5, 0.6) is 0 Å². The number of fused-ring (bicyclic) bond motifs is 1. The van der Waals surface area contributed by atoms with Crippen molar-refractivity contribution in [3.63, 3.8) is 0 Å². The minimum absolute atomic E-state index is 0.0640. The molecule has 0 aliphatic carbocycles. The van der Waals surface area contributed by atoms with Crippen LogP contribution in [-0.4, -0.2) is 69.0 Å². The van der Waals surface area contributed by atoms with Crippen LogP contribution in [0.1, 0.15) is 58.9 Å². The molecule has 1 aromatic rings. The summed E-state index contributed by atoms with van der Waals surface area (Å²) in [6, 6.07) is 8.11. The molecule has 37 heavy (non-hydrogen) atoms. The van der Waals surface area contributed by atoms with Gasteiger partial charge in [-0.1, -0.05) is 73.5 Å². The minimum Gasteiger partial charge on any atom is -0.394 e. The Labute approximate surface area is 228 Å². The number of aliphatic hydroxyl groups excluding tert-OH is 1. The maximum Gasteiger partial charge on any atom is 0.246 e. The molecule has 0 saturated carbocycles. The van der Waals surface area contributed by atoms with Gasteiger partial charge in [0.2, 0.25) is 17.7 Å². The molecule has 3 aliphatic rings. The first-order valence-electron chi connectivity index (χ1n) is 13.5. The van der Waals surface area contributed by atoms with E-state index in [9.17, 15) is 19.5 Å². The molecule has 8 nitrogen and oxygen atoms in total. The summed E-state index contributed by atoms with van der Waals surface area (Å²) in [6.45, 7) is 8.15. The smallest absolute Gasteiger partial charge is 0.246 e. The molecule has 3 heterocycles. The normalized spacial score (nSPS) is 31.9. The van der Waals surface area contributed by atoms with Crippen molar-refractivity contribution in [3.8, 4) is 0 Å². The van der Waals surface area contributed by atoms with Crippen LogP contribution in [0.3, 0.4) is 0 Å². The number of ether oxygens (including phenoxy) is 1. The highest BCUT2D eigenvalue weighted by molar-refractivity contribution is 9.09. The molecule has 0 radical (unpaired) electrons. The van der Waals surface area contributed by atoms with E-state index >= 15 is 0 Å². The lowest BCUT2D eigenvalue weighted by Crippen LogP contribution is -2.59. The average Bonchev–Trinajstić information content (AvgIpc) is 3.45. The Morgan fingerprint density at radius 3 is 2.54 bits per heavy atom. The van der Waals surface area contributed by atoms with Gasteiger partial charge < -0.3 is 25.4 Å². The summed E-state index contributed by atoms with van der Waals surface area (Å²) in [6.07, 6.45) is 2.22. The molecule has 3 N–H and O–H groups in total. The molecule has 3 saturated heterocycles. The Kier molecular flexibility index (Phi) is 8.65. The molecule has 204 valence electrons. The maximum absolute atomic E-state index is 14.1. The zero-order chi connectivity index (χ0) is 26.9. The summed E-state index contributed by atoms with van der Waals surface area (Å²) in [5.41, 5.74) is -0.158. The van der Waals surface area contributed by atoms with Crippen LogP contribution in [0, 0.1) is 17.8 Å². The lowest BCUT2D eigenvalue weighted by Gasteiger charge is -2.38. The van der Waals surface area contributed by atoms with E-state index in [2.05, 4.69) is 33.5 Å². The molecule has 9 heteroatoms. The third-order valence-corrected chi connectivity index (χ3v) is 8.89. The Balaban J connectivity index is 1.68. The van der Waals surface area contributed by atoms with E-state index in [1.165, 1.54) is 0 Å². The van der Waals surface area contributed by atoms with Gasteiger partial charge in [0.1, 0.15) is 11.6 Å². The average molecular weight is 579 g/mol. The second-order valence-corrected chi connectivity index (χ2v) is 12.5. The van der Waals surface area contributed by atoms with Crippen LogP contribution in [0.2, 0.25) is 0 Å². The fourth-order valence-electron chi connectivity index (χ4n) is 6.61.